The van der Waals surface area contributed by atoms with Gasteiger partial charge in [-0.1, -0.05) is 12.5 Å². The number of esters is 2. The Hall–Kier alpha value is -2.94. The number of carbonyl (C=O) groups excluding carboxylic acids is 2. The maximum absolute atomic E-state index is 11.7. The quantitative estimate of drug-likeness (QED) is 0.314. The number of ether oxygens (including phenoxy) is 2. The van der Waals surface area contributed by atoms with Crippen LogP contribution in [-0.4, -0.2) is 56.3 Å². The Labute approximate surface area is 155 Å². The molecule has 0 fully saturated rings. The summed E-state index contributed by atoms with van der Waals surface area (Å²) in [4.78, 5) is 22.7. The topological polar surface area (TPSA) is 154 Å². The lowest BCUT2D eigenvalue weighted by Gasteiger charge is -2.17. The summed E-state index contributed by atoms with van der Waals surface area (Å²) in [5.41, 5.74) is 0.709. The standard InChI is InChI=1S/C18H22O9/c19-11-7-6-10(12(20)8-11)4-2-1-3-5-14(22)26-9-13(21)17-15(23)16(24)18(25)27-17/h6-8,13,17,19-21,23-24H,1-5,9H2/t13-,17+/m0/s1. The molecular weight excluding hydrogens is 360 g/mol. The maximum atomic E-state index is 11.7. The maximum Gasteiger partial charge on any atom is 0.377 e. The third kappa shape index (κ3) is 5.52. The largest absolute Gasteiger partial charge is 0.508 e. The zero-order valence-electron chi connectivity index (χ0n) is 14.5. The Morgan fingerprint density at radius 1 is 1.15 bits per heavy atom. The van der Waals surface area contributed by atoms with Crippen molar-refractivity contribution < 1.29 is 44.6 Å². The number of phenolic OH excluding ortho intramolecular Hbond substituents is 2. The highest BCUT2D eigenvalue weighted by Crippen LogP contribution is 2.24. The molecule has 9 nitrogen and oxygen atoms in total. The first-order chi connectivity index (χ1) is 12.8. The van der Waals surface area contributed by atoms with E-state index in [0.717, 1.165) is 6.42 Å². The molecule has 0 unspecified atom stereocenters. The lowest BCUT2D eigenvalue weighted by Crippen LogP contribution is -2.33. The van der Waals surface area contributed by atoms with Gasteiger partial charge in [-0.05, 0) is 30.9 Å². The molecule has 2 atom stereocenters. The summed E-state index contributed by atoms with van der Waals surface area (Å²) in [6.07, 6.45) is -0.255. The molecule has 0 saturated heterocycles. The molecule has 0 aromatic heterocycles. The Morgan fingerprint density at radius 2 is 1.89 bits per heavy atom. The number of aryl methyl sites for hydroxylation is 1. The van der Waals surface area contributed by atoms with Crippen molar-refractivity contribution in [1.82, 2.24) is 0 Å². The molecule has 0 radical (unpaired) electrons. The average molecular weight is 382 g/mol. The molecule has 0 saturated carbocycles. The molecular formula is C18H22O9. The first kappa shape index (κ1) is 20.4. The van der Waals surface area contributed by atoms with E-state index < -0.39 is 42.3 Å². The van der Waals surface area contributed by atoms with Crippen molar-refractivity contribution in [3.05, 3.63) is 35.3 Å². The number of carbonyl (C=O) groups is 2. The smallest absolute Gasteiger partial charge is 0.377 e. The number of cyclic esters (lactones) is 1. The summed E-state index contributed by atoms with van der Waals surface area (Å²) in [6.45, 7) is -0.491. The van der Waals surface area contributed by atoms with Crippen molar-refractivity contribution in [3.63, 3.8) is 0 Å². The summed E-state index contributed by atoms with van der Waals surface area (Å²) < 4.78 is 9.43. The van der Waals surface area contributed by atoms with Gasteiger partial charge in [-0.2, -0.15) is 0 Å². The predicted molar refractivity (Wildman–Crippen MR) is 91.1 cm³/mol. The molecule has 0 bridgehead atoms. The van der Waals surface area contributed by atoms with Gasteiger partial charge in [-0.15, -0.1) is 0 Å². The molecule has 5 N–H and O–H groups in total. The number of hydrogen-bond acceptors (Lipinski definition) is 9. The zero-order valence-corrected chi connectivity index (χ0v) is 14.5. The van der Waals surface area contributed by atoms with Crippen LogP contribution >= 0.6 is 0 Å². The minimum absolute atomic E-state index is 0.00688. The van der Waals surface area contributed by atoms with Crippen molar-refractivity contribution in [2.45, 2.75) is 44.3 Å². The second-order valence-electron chi connectivity index (χ2n) is 6.18. The van der Waals surface area contributed by atoms with Crippen LogP contribution in [0.2, 0.25) is 0 Å². The highest BCUT2D eigenvalue weighted by molar-refractivity contribution is 5.89. The van der Waals surface area contributed by atoms with E-state index in [1.807, 2.05) is 0 Å². The van der Waals surface area contributed by atoms with Crippen molar-refractivity contribution in [3.8, 4) is 11.5 Å². The number of benzene rings is 1. The summed E-state index contributed by atoms with van der Waals surface area (Å²) in [7, 11) is 0. The Morgan fingerprint density at radius 3 is 2.52 bits per heavy atom. The van der Waals surface area contributed by atoms with E-state index in [4.69, 9.17) is 9.84 Å². The second kappa shape index (κ2) is 9.13. The van der Waals surface area contributed by atoms with E-state index in [0.29, 0.717) is 24.8 Å². The van der Waals surface area contributed by atoms with Crippen LogP contribution in [0.4, 0.5) is 0 Å². The summed E-state index contributed by atoms with van der Waals surface area (Å²) >= 11 is 0. The van der Waals surface area contributed by atoms with Crippen LogP contribution in [0.1, 0.15) is 31.2 Å². The lowest BCUT2D eigenvalue weighted by molar-refractivity contribution is -0.154. The number of hydrogen-bond donors (Lipinski definition) is 5. The summed E-state index contributed by atoms with van der Waals surface area (Å²) in [5.74, 6) is -3.45. The van der Waals surface area contributed by atoms with Gasteiger partial charge in [0.2, 0.25) is 5.76 Å². The van der Waals surface area contributed by atoms with Gasteiger partial charge in [0.15, 0.2) is 11.9 Å². The first-order valence-corrected chi connectivity index (χ1v) is 8.47. The van der Waals surface area contributed by atoms with E-state index in [1.54, 1.807) is 6.07 Å². The number of phenols is 2. The van der Waals surface area contributed by atoms with Crippen LogP contribution in [0.3, 0.4) is 0 Å². The van der Waals surface area contributed by atoms with Crippen molar-refractivity contribution in [2.24, 2.45) is 0 Å². The zero-order chi connectivity index (χ0) is 20.0. The fraction of sp³-hybridized carbons (Fsp3) is 0.444. The summed E-state index contributed by atoms with van der Waals surface area (Å²) in [6, 6.07) is 4.40. The van der Waals surface area contributed by atoms with E-state index >= 15 is 0 Å². The van der Waals surface area contributed by atoms with E-state index in [-0.39, 0.29) is 17.9 Å². The van der Waals surface area contributed by atoms with Gasteiger partial charge in [0.25, 0.3) is 0 Å². The highest BCUT2D eigenvalue weighted by atomic mass is 16.6. The van der Waals surface area contributed by atoms with Crippen molar-refractivity contribution >= 4 is 11.9 Å². The van der Waals surface area contributed by atoms with Crippen LogP contribution in [0.5, 0.6) is 11.5 Å². The predicted octanol–water partition coefficient (Wildman–Crippen LogP) is 1.36. The van der Waals surface area contributed by atoms with E-state index in [2.05, 4.69) is 4.74 Å². The van der Waals surface area contributed by atoms with Crippen molar-refractivity contribution in [1.29, 1.82) is 0 Å². The lowest BCUT2D eigenvalue weighted by atomic mass is 10.1. The molecule has 9 heteroatoms. The molecule has 27 heavy (non-hydrogen) atoms. The fourth-order valence-electron chi connectivity index (χ4n) is 2.59. The molecule has 1 aromatic rings. The molecule has 1 heterocycles. The van der Waals surface area contributed by atoms with Gasteiger partial charge >= 0.3 is 11.9 Å². The molecule has 148 valence electrons. The molecule has 0 spiro atoms. The average Bonchev–Trinajstić information content (AvgIpc) is 2.88. The van der Waals surface area contributed by atoms with Crippen LogP contribution in [0.15, 0.2) is 29.7 Å². The monoisotopic (exact) mass is 382 g/mol. The molecule has 0 amide bonds. The number of aliphatic hydroxyl groups is 3. The molecule has 1 aromatic carbocycles. The number of unbranched alkanes of at least 4 members (excludes halogenated alkanes) is 2. The number of rotatable bonds is 9. The summed E-state index contributed by atoms with van der Waals surface area (Å²) in [5, 5.41) is 47.3. The highest BCUT2D eigenvalue weighted by Gasteiger charge is 2.39. The SMILES string of the molecule is O=C(CCCCCc1ccc(O)cc1O)OC[C@H](O)[C@H]1OC(=O)C(O)=C1O. The van der Waals surface area contributed by atoms with Gasteiger partial charge in [-0.25, -0.2) is 4.79 Å². The number of aliphatic hydroxyl groups excluding tert-OH is 3. The van der Waals surface area contributed by atoms with Crippen molar-refractivity contribution in [2.75, 3.05) is 6.61 Å². The van der Waals surface area contributed by atoms with Gasteiger partial charge in [0, 0.05) is 12.5 Å². The third-order valence-electron chi connectivity index (χ3n) is 4.10. The van der Waals surface area contributed by atoms with Gasteiger partial charge in [-0.3, -0.25) is 4.79 Å². The minimum atomic E-state index is -1.49. The van der Waals surface area contributed by atoms with E-state index in [1.165, 1.54) is 12.1 Å². The Bertz CT molecular complexity index is 726. The van der Waals surface area contributed by atoms with E-state index in [9.17, 15) is 30.0 Å². The minimum Gasteiger partial charge on any atom is -0.508 e. The molecule has 1 aliphatic rings. The molecule has 0 aliphatic carbocycles. The van der Waals surface area contributed by atoms with Gasteiger partial charge < -0.3 is 35.0 Å². The second-order valence-corrected chi connectivity index (χ2v) is 6.18. The Kier molecular flexibility index (Phi) is 6.89. The van der Waals surface area contributed by atoms with Gasteiger partial charge in [0.1, 0.15) is 24.2 Å². The number of aromatic hydroxyl groups is 2. The van der Waals surface area contributed by atoms with Crippen LogP contribution in [0, 0.1) is 0 Å². The van der Waals surface area contributed by atoms with Crippen LogP contribution < -0.4 is 0 Å². The first-order valence-electron chi connectivity index (χ1n) is 8.47. The normalized spacial score (nSPS) is 17.7. The fourth-order valence-corrected chi connectivity index (χ4v) is 2.59. The molecule has 1 aliphatic heterocycles. The third-order valence-corrected chi connectivity index (χ3v) is 4.10. The molecule has 2 rings (SSSR count). The van der Waals surface area contributed by atoms with Gasteiger partial charge in [0.05, 0.1) is 0 Å². The van der Waals surface area contributed by atoms with Crippen LogP contribution in [0.25, 0.3) is 0 Å². The Balaban J connectivity index is 1.62. The van der Waals surface area contributed by atoms with Crippen LogP contribution in [-0.2, 0) is 25.5 Å².